The highest BCUT2D eigenvalue weighted by atomic mass is 16.5. The third-order valence-corrected chi connectivity index (χ3v) is 4.22. The summed E-state index contributed by atoms with van der Waals surface area (Å²) < 4.78 is 4.77. The molecule has 0 aliphatic heterocycles. The molecule has 0 unspecified atom stereocenters. The van der Waals surface area contributed by atoms with Gasteiger partial charge in [-0.1, -0.05) is 42.5 Å². The number of esters is 1. The number of H-pyrrole nitrogens is 1. The van der Waals surface area contributed by atoms with Crippen molar-refractivity contribution >= 4 is 28.2 Å². The Morgan fingerprint density at radius 2 is 1.73 bits per heavy atom. The van der Waals surface area contributed by atoms with Gasteiger partial charge in [0.1, 0.15) is 5.69 Å². The number of nitrogens with zero attached hydrogens (tertiary/aromatic N) is 1. The van der Waals surface area contributed by atoms with Gasteiger partial charge in [-0.15, -0.1) is 0 Å². The zero-order valence-corrected chi connectivity index (χ0v) is 14.2. The summed E-state index contributed by atoms with van der Waals surface area (Å²) in [5.41, 5.74) is 5.27. The van der Waals surface area contributed by atoms with Crippen LogP contribution in [0.25, 0.3) is 22.0 Å². The van der Waals surface area contributed by atoms with E-state index < -0.39 is 5.97 Å². The highest BCUT2D eigenvalue weighted by molar-refractivity contribution is 6.00. The summed E-state index contributed by atoms with van der Waals surface area (Å²) >= 11 is 0. The van der Waals surface area contributed by atoms with Crippen LogP contribution < -0.4 is 5.32 Å². The van der Waals surface area contributed by atoms with Gasteiger partial charge in [-0.05, 0) is 29.3 Å². The minimum atomic E-state index is -0.403. The van der Waals surface area contributed by atoms with E-state index in [0.717, 1.165) is 27.8 Å². The predicted molar refractivity (Wildman–Crippen MR) is 103 cm³/mol. The van der Waals surface area contributed by atoms with Gasteiger partial charge in [0.05, 0.1) is 30.7 Å². The van der Waals surface area contributed by atoms with Crippen molar-refractivity contribution in [3.8, 4) is 11.1 Å². The number of hydrogen-bond donors (Lipinski definition) is 2. The quantitative estimate of drug-likeness (QED) is 0.524. The summed E-state index contributed by atoms with van der Waals surface area (Å²) in [5, 5.41) is 4.24. The molecule has 2 aromatic carbocycles. The number of hydrogen-bond acceptors (Lipinski definition) is 4. The largest absolute Gasteiger partial charge is 0.464 e. The zero-order chi connectivity index (χ0) is 17.9. The number of aromatic amines is 1. The number of carbonyl (C=O) groups excluding carboxylic acids is 1. The smallest absolute Gasteiger partial charge is 0.354 e. The molecule has 0 bridgehead atoms. The van der Waals surface area contributed by atoms with E-state index in [1.165, 1.54) is 12.7 Å². The fourth-order valence-corrected chi connectivity index (χ4v) is 2.90. The van der Waals surface area contributed by atoms with Crippen LogP contribution in [-0.2, 0) is 4.74 Å². The number of ether oxygens (including phenoxy) is 1. The lowest BCUT2D eigenvalue weighted by Gasteiger charge is -2.08. The average Bonchev–Trinajstić information content (AvgIpc) is 3.14. The third-order valence-electron chi connectivity index (χ3n) is 4.22. The molecule has 5 nitrogen and oxygen atoms in total. The van der Waals surface area contributed by atoms with Crippen LogP contribution in [0.3, 0.4) is 0 Å². The fraction of sp³-hybridized carbons (Fsp3) is 0.0476. The maximum Gasteiger partial charge on any atom is 0.354 e. The van der Waals surface area contributed by atoms with E-state index in [2.05, 4.69) is 39.6 Å². The predicted octanol–water partition coefficient (Wildman–Crippen LogP) is 4.76. The number of nitrogens with one attached hydrogen (secondary N) is 2. The van der Waals surface area contributed by atoms with Gasteiger partial charge in [-0.25, -0.2) is 4.79 Å². The average molecular weight is 343 g/mol. The van der Waals surface area contributed by atoms with Crippen molar-refractivity contribution in [3.63, 3.8) is 0 Å². The van der Waals surface area contributed by atoms with E-state index in [4.69, 9.17) is 4.74 Å². The first-order valence-electron chi connectivity index (χ1n) is 8.22. The summed E-state index contributed by atoms with van der Waals surface area (Å²) in [5.74, 6) is -0.403. The number of benzene rings is 2. The van der Waals surface area contributed by atoms with Crippen LogP contribution in [0.4, 0.5) is 11.4 Å². The van der Waals surface area contributed by atoms with Crippen LogP contribution in [0.2, 0.25) is 0 Å². The molecule has 26 heavy (non-hydrogen) atoms. The molecule has 2 heterocycles. The van der Waals surface area contributed by atoms with Crippen LogP contribution in [0.1, 0.15) is 10.5 Å². The highest BCUT2D eigenvalue weighted by Gasteiger charge is 2.12. The molecule has 0 spiro atoms. The molecule has 4 aromatic rings. The van der Waals surface area contributed by atoms with Crippen LogP contribution >= 0.6 is 0 Å². The van der Waals surface area contributed by atoms with E-state index in [1.807, 2.05) is 30.3 Å². The molecule has 0 atom stereocenters. The Morgan fingerprint density at radius 3 is 2.46 bits per heavy atom. The minimum absolute atomic E-state index is 0.401. The molecule has 128 valence electrons. The molecular weight excluding hydrogens is 326 g/mol. The topological polar surface area (TPSA) is 67.0 Å². The lowest BCUT2D eigenvalue weighted by atomic mass is 10.1. The van der Waals surface area contributed by atoms with Gasteiger partial charge in [-0.3, -0.25) is 4.98 Å². The van der Waals surface area contributed by atoms with Crippen molar-refractivity contribution in [2.24, 2.45) is 0 Å². The molecule has 0 aliphatic carbocycles. The third kappa shape index (κ3) is 3.02. The van der Waals surface area contributed by atoms with E-state index in [0.29, 0.717) is 5.69 Å². The Kier molecular flexibility index (Phi) is 4.11. The highest BCUT2D eigenvalue weighted by Crippen LogP contribution is 2.28. The molecular formula is C21H17N3O2. The molecule has 0 saturated carbocycles. The van der Waals surface area contributed by atoms with Crippen LogP contribution in [0.5, 0.6) is 0 Å². The van der Waals surface area contributed by atoms with Gasteiger partial charge in [-0.2, -0.15) is 0 Å². The summed E-state index contributed by atoms with van der Waals surface area (Å²) in [7, 11) is 1.36. The first kappa shape index (κ1) is 15.9. The molecule has 2 aromatic heterocycles. The minimum Gasteiger partial charge on any atom is -0.464 e. The van der Waals surface area contributed by atoms with Gasteiger partial charge in [0.2, 0.25) is 0 Å². The van der Waals surface area contributed by atoms with Crippen LogP contribution in [0, 0.1) is 0 Å². The zero-order valence-electron chi connectivity index (χ0n) is 14.2. The van der Waals surface area contributed by atoms with E-state index >= 15 is 0 Å². The Hall–Kier alpha value is -3.60. The van der Waals surface area contributed by atoms with Crippen molar-refractivity contribution < 1.29 is 9.53 Å². The second-order valence-corrected chi connectivity index (χ2v) is 5.89. The second kappa shape index (κ2) is 6.72. The number of pyridine rings is 1. The Bertz CT molecular complexity index is 1050. The summed E-state index contributed by atoms with van der Waals surface area (Å²) in [6.45, 7) is 0. The first-order valence-corrected chi connectivity index (χ1v) is 8.22. The molecule has 0 saturated heterocycles. The molecule has 0 aliphatic rings. The molecule has 2 N–H and O–H groups in total. The molecule has 0 amide bonds. The monoisotopic (exact) mass is 343 g/mol. The summed E-state index contributed by atoms with van der Waals surface area (Å²) in [6.07, 6.45) is 3.42. The van der Waals surface area contributed by atoms with Gasteiger partial charge < -0.3 is 15.0 Å². The normalized spacial score (nSPS) is 10.7. The number of rotatable bonds is 4. The van der Waals surface area contributed by atoms with Crippen molar-refractivity contribution in [1.82, 2.24) is 9.97 Å². The number of fused-ring (bicyclic) bond motifs is 1. The number of carbonyl (C=O) groups is 1. The molecule has 4 rings (SSSR count). The van der Waals surface area contributed by atoms with Gasteiger partial charge in [0, 0.05) is 11.1 Å². The standard InChI is InChI=1S/C21H17N3O2/c1-26-21(25)18-11-17-19(12-22-13-20(17)24-18)23-16-9-7-15(8-10-16)14-5-3-2-4-6-14/h2-13,23-24H,1H3. The van der Waals surface area contributed by atoms with Gasteiger partial charge in [0.25, 0.3) is 0 Å². The Balaban J connectivity index is 1.63. The lowest BCUT2D eigenvalue weighted by molar-refractivity contribution is 0.0595. The fourth-order valence-electron chi connectivity index (χ4n) is 2.90. The first-order chi connectivity index (χ1) is 12.7. The Labute approximate surface area is 150 Å². The van der Waals surface area contributed by atoms with Gasteiger partial charge >= 0.3 is 5.97 Å². The summed E-state index contributed by atoms with van der Waals surface area (Å²) in [6, 6.07) is 20.2. The van der Waals surface area contributed by atoms with E-state index in [1.54, 1.807) is 18.5 Å². The van der Waals surface area contributed by atoms with E-state index in [9.17, 15) is 4.79 Å². The van der Waals surface area contributed by atoms with Crippen molar-refractivity contribution in [1.29, 1.82) is 0 Å². The molecule has 0 fully saturated rings. The molecule has 5 heteroatoms. The van der Waals surface area contributed by atoms with Crippen molar-refractivity contribution in [2.75, 3.05) is 12.4 Å². The van der Waals surface area contributed by atoms with Crippen molar-refractivity contribution in [2.45, 2.75) is 0 Å². The maximum absolute atomic E-state index is 11.7. The number of anilines is 2. The number of aromatic nitrogens is 2. The lowest BCUT2D eigenvalue weighted by Crippen LogP contribution is -2.00. The maximum atomic E-state index is 11.7. The van der Waals surface area contributed by atoms with Crippen LogP contribution in [-0.4, -0.2) is 23.0 Å². The Morgan fingerprint density at radius 1 is 1.00 bits per heavy atom. The van der Waals surface area contributed by atoms with Gasteiger partial charge in [0.15, 0.2) is 0 Å². The van der Waals surface area contributed by atoms with Crippen LogP contribution in [0.15, 0.2) is 73.1 Å². The van der Waals surface area contributed by atoms with Crippen molar-refractivity contribution in [3.05, 3.63) is 78.8 Å². The molecule has 0 radical (unpaired) electrons. The SMILES string of the molecule is COC(=O)c1cc2c(Nc3ccc(-c4ccccc4)cc3)cncc2[nH]1. The van der Waals surface area contributed by atoms with E-state index in [-0.39, 0.29) is 0 Å². The number of methoxy groups -OCH3 is 1. The summed E-state index contributed by atoms with van der Waals surface area (Å²) in [4.78, 5) is 19.0. The second-order valence-electron chi connectivity index (χ2n) is 5.89.